The van der Waals surface area contributed by atoms with Crippen LogP contribution in [-0.2, 0) is 4.74 Å². The summed E-state index contributed by atoms with van der Waals surface area (Å²) < 4.78 is 5.58. The molecule has 118 valence electrons. The largest absolute Gasteiger partial charge is 0.381 e. The smallest absolute Gasteiger partial charge is 0.312 e. The summed E-state index contributed by atoms with van der Waals surface area (Å²) >= 11 is 0. The Kier molecular flexibility index (Phi) is 7.87. The molecule has 2 amide bonds. The van der Waals surface area contributed by atoms with Crippen LogP contribution in [0.1, 0.15) is 33.1 Å². The number of hydrogen-bond acceptors (Lipinski definition) is 4. The first-order valence-electron chi connectivity index (χ1n) is 7.64. The molecule has 0 radical (unpaired) electrons. The topological polar surface area (TPSA) is 93.6 Å². The Morgan fingerprint density at radius 2 is 2.25 bits per heavy atom. The van der Waals surface area contributed by atoms with Crippen LogP contribution in [0, 0.1) is 5.92 Å². The van der Waals surface area contributed by atoms with Crippen LogP contribution in [0.5, 0.6) is 0 Å². The van der Waals surface area contributed by atoms with Gasteiger partial charge in [-0.05, 0) is 31.7 Å². The lowest BCUT2D eigenvalue weighted by Gasteiger charge is -2.26. The van der Waals surface area contributed by atoms with Crippen LogP contribution in [0.15, 0.2) is 0 Å². The van der Waals surface area contributed by atoms with Gasteiger partial charge in [-0.25, -0.2) is 4.79 Å². The van der Waals surface area contributed by atoms with Gasteiger partial charge in [-0.15, -0.1) is 0 Å². The summed E-state index contributed by atoms with van der Waals surface area (Å²) in [6, 6.07) is 0.149. The molecule has 0 spiro atoms. The average molecular weight is 286 g/mol. The lowest BCUT2D eigenvalue weighted by atomic mass is 10.1. The number of nitrogens with zero attached hydrogens (tertiary/aromatic N) is 1. The second-order valence-electron chi connectivity index (χ2n) is 5.79. The molecule has 0 aromatic carbocycles. The van der Waals surface area contributed by atoms with Crippen molar-refractivity contribution in [2.24, 2.45) is 17.4 Å². The number of carbonyl (C=O) groups excluding carboxylic acids is 1. The van der Waals surface area contributed by atoms with Crippen molar-refractivity contribution in [1.29, 1.82) is 0 Å². The van der Waals surface area contributed by atoms with Crippen LogP contribution in [0.2, 0.25) is 0 Å². The average Bonchev–Trinajstić information content (AvgIpc) is 2.75. The van der Waals surface area contributed by atoms with Gasteiger partial charge in [0.1, 0.15) is 0 Å². The summed E-state index contributed by atoms with van der Waals surface area (Å²) in [6.45, 7) is 8.35. The number of ether oxygens (including phenoxy) is 1. The minimum Gasteiger partial charge on any atom is -0.381 e. The molecule has 1 saturated heterocycles. The molecule has 1 heterocycles. The highest BCUT2D eigenvalue weighted by Crippen LogP contribution is 2.22. The minimum absolute atomic E-state index is 0.147. The Bertz CT molecular complexity index is 288. The van der Waals surface area contributed by atoms with E-state index in [9.17, 15) is 4.79 Å². The number of rotatable bonds is 9. The van der Waals surface area contributed by atoms with Gasteiger partial charge in [0, 0.05) is 38.4 Å². The molecule has 0 bridgehead atoms. The number of urea groups is 1. The second-order valence-corrected chi connectivity index (χ2v) is 5.79. The van der Waals surface area contributed by atoms with Gasteiger partial charge < -0.3 is 21.5 Å². The summed E-state index contributed by atoms with van der Waals surface area (Å²) in [4.78, 5) is 13.4. The zero-order chi connectivity index (χ0) is 15.0. The van der Waals surface area contributed by atoms with Crippen LogP contribution >= 0.6 is 0 Å². The van der Waals surface area contributed by atoms with Crippen molar-refractivity contribution in [3.8, 4) is 0 Å². The molecule has 20 heavy (non-hydrogen) atoms. The van der Waals surface area contributed by atoms with Crippen LogP contribution in [0.4, 0.5) is 4.79 Å². The predicted molar refractivity (Wildman–Crippen MR) is 80.4 cm³/mol. The molecular formula is C14H30N4O2. The van der Waals surface area contributed by atoms with Crippen LogP contribution < -0.4 is 16.8 Å². The molecule has 1 aliphatic rings. The molecule has 0 aromatic rings. The van der Waals surface area contributed by atoms with Crippen molar-refractivity contribution in [1.82, 2.24) is 10.2 Å². The van der Waals surface area contributed by atoms with E-state index in [1.54, 1.807) is 0 Å². The molecule has 1 fully saturated rings. The van der Waals surface area contributed by atoms with E-state index in [-0.39, 0.29) is 6.04 Å². The van der Waals surface area contributed by atoms with E-state index in [0.717, 1.165) is 45.6 Å². The molecule has 3 atom stereocenters. The molecule has 0 aromatic heterocycles. The Labute approximate surface area is 122 Å². The standard InChI is InChI=1S/C14H30N4O2/c1-3-5-20-6-4-13-7-12(17-14(16)19)10-18(13)9-11(2)8-15/h11-13H,3-10,15H2,1-2H3,(H3,16,17,19). The zero-order valence-electron chi connectivity index (χ0n) is 12.8. The van der Waals surface area contributed by atoms with E-state index >= 15 is 0 Å². The highest BCUT2D eigenvalue weighted by molar-refractivity contribution is 5.72. The first kappa shape index (κ1) is 17.2. The Hall–Kier alpha value is -0.850. The van der Waals surface area contributed by atoms with Crippen LogP contribution in [0.3, 0.4) is 0 Å². The number of likely N-dealkylation sites (tertiary alicyclic amines) is 1. The SMILES string of the molecule is CCCOCCC1CC(NC(N)=O)CN1CC(C)CN. The van der Waals surface area contributed by atoms with Crippen molar-refractivity contribution >= 4 is 6.03 Å². The predicted octanol–water partition coefficient (Wildman–Crippen LogP) is 0.509. The van der Waals surface area contributed by atoms with E-state index in [1.165, 1.54) is 0 Å². The van der Waals surface area contributed by atoms with Crippen molar-refractivity contribution < 1.29 is 9.53 Å². The third kappa shape index (κ3) is 6.07. The monoisotopic (exact) mass is 286 g/mol. The van der Waals surface area contributed by atoms with Gasteiger partial charge in [0.2, 0.25) is 0 Å². The molecule has 0 aliphatic carbocycles. The first-order valence-corrected chi connectivity index (χ1v) is 7.64. The van der Waals surface area contributed by atoms with Crippen LogP contribution in [-0.4, -0.2) is 55.9 Å². The maximum Gasteiger partial charge on any atom is 0.312 e. The van der Waals surface area contributed by atoms with E-state index in [4.69, 9.17) is 16.2 Å². The van der Waals surface area contributed by atoms with Crippen molar-refractivity contribution in [2.75, 3.05) is 32.8 Å². The van der Waals surface area contributed by atoms with Gasteiger partial charge in [-0.1, -0.05) is 13.8 Å². The molecule has 3 unspecified atom stereocenters. The van der Waals surface area contributed by atoms with E-state index < -0.39 is 6.03 Å². The number of primary amides is 1. The Morgan fingerprint density at radius 1 is 1.50 bits per heavy atom. The number of amides is 2. The van der Waals surface area contributed by atoms with Gasteiger partial charge in [-0.2, -0.15) is 0 Å². The van der Waals surface area contributed by atoms with Crippen molar-refractivity contribution in [2.45, 2.75) is 45.2 Å². The number of carbonyl (C=O) groups is 1. The quantitative estimate of drug-likeness (QED) is 0.538. The van der Waals surface area contributed by atoms with Gasteiger partial charge in [0.05, 0.1) is 0 Å². The molecule has 1 aliphatic heterocycles. The summed E-state index contributed by atoms with van der Waals surface area (Å²) in [7, 11) is 0. The fraction of sp³-hybridized carbons (Fsp3) is 0.929. The lowest BCUT2D eigenvalue weighted by molar-refractivity contribution is 0.106. The highest BCUT2D eigenvalue weighted by atomic mass is 16.5. The summed E-state index contributed by atoms with van der Waals surface area (Å²) in [5.41, 5.74) is 10.9. The number of nitrogens with two attached hydrogens (primary N) is 2. The second kappa shape index (κ2) is 9.15. The molecular weight excluding hydrogens is 256 g/mol. The van der Waals surface area contributed by atoms with Crippen molar-refractivity contribution in [3.05, 3.63) is 0 Å². The maximum atomic E-state index is 11.0. The number of nitrogens with one attached hydrogen (secondary N) is 1. The van der Waals surface area contributed by atoms with E-state index in [0.29, 0.717) is 18.5 Å². The van der Waals surface area contributed by atoms with Gasteiger partial charge in [0.25, 0.3) is 0 Å². The zero-order valence-corrected chi connectivity index (χ0v) is 12.8. The minimum atomic E-state index is -0.440. The fourth-order valence-electron chi connectivity index (χ4n) is 2.75. The van der Waals surface area contributed by atoms with Gasteiger partial charge >= 0.3 is 6.03 Å². The van der Waals surface area contributed by atoms with E-state index in [2.05, 4.69) is 24.1 Å². The summed E-state index contributed by atoms with van der Waals surface area (Å²) in [5.74, 6) is 0.460. The van der Waals surface area contributed by atoms with E-state index in [1.807, 2.05) is 0 Å². The first-order chi connectivity index (χ1) is 9.56. The normalized spacial score (nSPS) is 24.8. The van der Waals surface area contributed by atoms with Gasteiger partial charge in [-0.3, -0.25) is 4.90 Å². The Morgan fingerprint density at radius 3 is 2.85 bits per heavy atom. The summed E-state index contributed by atoms with van der Waals surface area (Å²) in [6.07, 6.45) is 2.98. The van der Waals surface area contributed by atoms with Crippen LogP contribution in [0.25, 0.3) is 0 Å². The summed E-state index contributed by atoms with van der Waals surface area (Å²) in [5, 5.41) is 2.82. The fourth-order valence-corrected chi connectivity index (χ4v) is 2.75. The van der Waals surface area contributed by atoms with Gasteiger partial charge in [0.15, 0.2) is 0 Å². The number of hydrogen-bond donors (Lipinski definition) is 3. The third-order valence-corrected chi connectivity index (χ3v) is 3.77. The molecule has 1 rings (SSSR count). The molecule has 5 N–H and O–H groups in total. The highest BCUT2D eigenvalue weighted by Gasteiger charge is 2.32. The Balaban J connectivity index is 2.45. The lowest BCUT2D eigenvalue weighted by Crippen LogP contribution is -2.41. The maximum absolute atomic E-state index is 11.0. The molecule has 6 nitrogen and oxygen atoms in total. The molecule has 6 heteroatoms. The third-order valence-electron chi connectivity index (χ3n) is 3.77. The molecule has 0 saturated carbocycles. The van der Waals surface area contributed by atoms with Crippen molar-refractivity contribution in [3.63, 3.8) is 0 Å².